The molecule has 0 saturated heterocycles. The van der Waals surface area contributed by atoms with E-state index in [9.17, 15) is 14.7 Å². The van der Waals surface area contributed by atoms with Crippen LogP contribution in [-0.4, -0.2) is 34.8 Å². The topological polar surface area (TPSA) is 111 Å². The molecule has 2 aromatic carbocycles. The van der Waals surface area contributed by atoms with Crippen LogP contribution in [0.3, 0.4) is 0 Å². The molecule has 0 unspecified atom stereocenters. The third kappa shape index (κ3) is 5.45. The highest BCUT2D eigenvalue weighted by molar-refractivity contribution is 5.87. The number of benzene rings is 2. The van der Waals surface area contributed by atoms with E-state index in [4.69, 9.17) is 5.11 Å². The number of rotatable bonds is 6. The lowest BCUT2D eigenvalue weighted by molar-refractivity contribution is -0.125. The lowest BCUT2D eigenvalue weighted by atomic mass is 10.1. The fraction of sp³-hybridized carbons (Fsp3) is 0.118. The monoisotopic (exact) mass is 327 g/mol. The second-order valence-electron chi connectivity index (χ2n) is 4.98. The van der Waals surface area contributed by atoms with Gasteiger partial charge in [0.15, 0.2) is 0 Å². The Morgan fingerprint density at radius 1 is 1.04 bits per heavy atom. The van der Waals surface area contributed by atoms with Crippen LogP contribution in [0, 0.1) is 0 Å². The highest BCUT2D eigenvalue weighted by Gasteiger charge is 2.06. The van der Waals surface area contributed by atoms with Crippen LogP contribution in [0.4, 0.5) is 0 Å². The minimum Gasteiger partial charge on any atom is -0.508 e. The number of amides is 2. The molecule has 0 aromatic heterocycles. The van der Waals surface area contributed by atoms with Crippen molar-refractivity contribution in [1.82, 2.24) is 10.7 Å². The maximum Gasteiger partial charge on any atom is 0.259 e. The molecule has 0 aliphatic carbocycles. The zero-order chi connectivity index (χ0) is 17.4. The van der Waals surface area contributed by atoms with Crippen LogP contribution in [0.2, 0.25) is 0 Å². The first-order chi connectivity index (χ1) is 11.5. The SMILES string of the molecule is O=C(Cc1ccccc1)NCC(=O)NN=Cc1ccc(O)cc1O. The molecule has 0 spiro atoms. The van der Waals surface area contributed by atoms with Crippen LogP contribution in [0.25, 0.3) is 0 Å². The molecule has 0 saturated carbocycles. The number of carbonyl (C=O) groups excluding carboxylic acids is 2. The summed E-state index contributed by atoms with van der Waals surface area (Å²) in [4.78, 5) is 23.3. The van der Waals surface area contributed by atoms with Crippen molar-refractivity contribution in [3.05, 3.63) is 59.7 Å². The zero-order valence-corrected chi connectivity index (χ0v) is 12.8. The van der Waals surface area contributed by atoms with E-state index in [2.05, 4.69) is 15.8 Å². The van der Waals surface area contributed by atoms with E-state index in [1.54, 1.807) is 0 Å². The predicted octanol–water partition coefficient (Wildman–Crippen LogP) is 0.907. The van der Waals surface area contributed by atoms with Gasteiger partial charge in [-0.25, -0.2) is 5.43 Å². The van der Waals surface area contributed by atoms with E-state index in [-0.39, 0.29) is 30.4 Å². The Hall–Kier alpha value is -3.35. The normalized spacial score (nSPS) is 10.5. The lowest BCUT2D eigenvalue weighted by Crippen LogP contribution is -2.35. The van der Waals surface area contributed by atoms with Gasteiger partial charge in [-0.15, -0.1) is 0 Å². The van der Waals surface area contributed by atoms with Crippen LogP contribution in [0.15, 0.2) is 53.6 Å². The van der Waals surface area contributed by atoms with Crippen molar-refractivity contribution in [3.8, 4) is 11.5 Å². The number of aromatic hydroxyl groups is 2. The highest BCUT2D eigenvalue weighted by atomic mass is 16.3. The van der Waals surface area contributed by atoms with E-state index in [0.717, 1.165) is 11.6 Å². The van der Waals surface area contributed by atoms with Crippen molar-refractivity contribution in [2.24, 2.45) is 5.10 Å². The molecular weight excluding hydrogens is 310 g/mol. The first-order valence-electron chi connectivity index (χ1n) is 7.19. The summed E-state index contributed by atoms with van der Waals surface area (Å²) in [6, 6.07) is 13.2. The average Bonchev–Trinajstić information content (AvgIpc) is 2.56. The largest absolute Gasteiger partial charge is 0.508 e. The van der Waals surface area contributed by atoms with Gasteiger partial charge in [-0.05, 0) is 17.7 Å². The molecule has 0 aliphatic rings. The Bertz CT molecular complexity index is 745. The van der Waals surface area contributed by atoms with E-state index < -0.39 is 5.91 Å². The molecule has 24 heavy (non-hydrogen) atoms. The molecule has 0 radical (unpaired) electrons. The van der Waals surface area contributed by atoms with Gasteiger partial charge < -0.3 is 15.5 Å². The fourth-order valence-electron chi connectivity index (χ4n) is 1.88. The molecule has 7 heteroatoms. The summed E-state index contributed by atoms with van der Waals surface area (Å²) in [5.41, 5.74) is 3.43. The van der Waals surface area contributed by atoms with Crippen molar-refractivity contribution >= 4 is 18.0 Å². The first-order valence-corrected chi connectivity index (χ1v) is 7.19. The summed E-state index contributed by atoms with van der Waals surface area (Å²) in [6.07, 6.45) is 1.43. The third-order valence-electron chi connectivity index (χ3n) is 3.06. The molecule has 0 fully saturated rings. The number of phenolic OH excluding ortho intramolecular Hbond substituents is 2. The molecule has 124 valence electrons. The summed E-state index contributed by atoms with van der Waals surface area (Å²) < 4.78 is 0. The Morgan fingerprint density at radius 3 is 2.50 bits per heavy atom. The second-order valence-corrected chi connectivity index (χ2v) is 4.98. The minimum absolute atomic E-state index is 0.0742. The van der Waals surface area contributed by atoms with Crippen molar-refractivity contribution in [1.29, 1.82) is 0 Å². The maximum absolute atomic E-state index is 11.7. The van der Waals surface area contributed by atoms with Crippen molar-refractivity contribution in [3.63, 3.8) is 0 Å². The molecule has 0 bridgehead atoms. The van der Waals surface area contributed by atoms with Gasteiger partial charge in [-0.3, -0.25) is 9.59 Å². The number of hydrogen-bond donors (Lipinski definition) is 4. The Morgan fingerprint density at radius 2 is 1.79 bits per heavy atom. The number of carbonyl (C=O) groups is 2. The minimum atomic E-state index is -0.495. The zero-order valence-electron chi connectivity index (χ0n) is 12.8. The van der Waals surface area contributed by atoms with Gasteiger partial charge in [0.1, 0.15) is 11.5 Å². The van der Waals surface area contributed by atoms with Crippen LogP contribution in [0.1, 0.15) is 11.1 Å². The maximum atomic E-state index is 11.7. The van der Waals surface area contributed by atoms with Gasteiger partial charge in [0.25, 0.3) is 5.91 Å². The van der Waals surface area contributed by atoms with Gasteiger partial charge >= 0.3 is 0 Å². The molecular formula is C17H17N3O4. The summed E-state index contributed by atoms with van der Waals surface area (Å²) in [6.45, 7) is -0.204. The third-order valence-corrected chi connectivity index (χ3v) is 3.06. The second kappa shape index (κ2) is 8.33. The molecule has 7 nitrogen and oxygen atoms in total. The summed E-state index contributed by atoms with van der Waals surface area (Å²) in [7, 11) is 0. The summed E-state index contributed by atoms with van der Waals surface area (Å²) in [5.74, 6) is -0.999. The van der Waals surface area contributed by atoms with Gasteiger partial charge in [-0.2, -0.15) is 5.10 Å². The first kappa shape index (κ1) is 17.0. The van der Waals surface area contributed by atoms with E-state index in [1.807, 2.05) is 30.3 Å². The van der Waals surface area contributed by atoms with Crippen LogP contribution >= 0.6 is 0 Å². The molecule has 0 aliphatic heterocycles. The number of nitrogens with zero attached hydrogens (tertiary/aromatic N) is 1. The number of nitrogens with one attached hydrogen (secondary N) is 2. The van der Waals surface area contributed by atoms with Crippen LogP contribution < -0.4 is 10.7 Å². The predicted molar refractivity (Wildman–Crippen MR) is 88.7 cm³/mol. The Labute approximate surface area is 138 Å². The van der Waals surface area contributed by atoms with Gasteiger partial charge in [-0.1, -0.05) is 30.3 Å². The molecule has 4 N–H and O–H groups in total. The van der Waals surface area contributed by atoms with E-state index >= 15 is 0 Å². The van der Waals surface area contributed by atoms with Gasteiger partial charge in [0, 0.05) is 11.6 Å². The molecule has 2 rings (SSSR count). The lowest BCUT2D eigenvalue weighted by Gasteiger charge is -2.04. The quantitative estimate of drug-likeness (QED) is 0.467. The Kier molecular flexibility index (Phi) is 5.90. The van der Waals surface area contributed by atoms with E-state index in [1.165, 1.54) is 18.3 Å². The van der Waals surface area contributed by atoms with Gasteiger partial charge in [0.2, 0.25) is 5.91 Å². The smallest absolute Gasteiger partial charge is 0.259 e. The molecule has 2 amide bonds. The summed E-state index contributed by atoms with van der Waals surface area (Å²) in [5, 5.41) is 24.9. The standard InChI is InChI=1S/C17H17N3O4/c21-14-7-6-13(15(22)9-14)10-19-20-17(24)11-18-16(23)8-12-4-2-1-3-5-12/h1-7,9-10,21-22H,8,11H2,(H,18,23)(H,20,24). The fourth-order valence-corrected chi connectivity index (χ4v) is 1.88. The highest BCUT2D eigenvalue weighted by Crippen LogP contribution is 2.20. The van der Waals surface area contributed by atoms with Crippen LogP contribution in [-0.2, 0) is 16.0 Å². The van der Waals surface area contributed by atoms with E-state index in [0.29, 0.717) is 5.56 Å². The number of hydrogen-bond acceptors (Lipinski definition) is 5. The molecule has 0 atom stereocenters. The van der Waals surface area contributed by atoms with Crippen molar-refractivity contribution in [2.45, 2.75) is 6.42 Å². The number of hydrazone groups is 1. The number of phenols is 2. The summed E-state index contributed by atoms with van der Waals surface area (Å²) >= 11 is 0. The Balaban J connectivity index is 1.75. The van der Waals surface area contributed by atoms with Gasteiger partial charge in [0.05, 0.1) is 19.2 Å². The molecule has 2 aromatic rings. The van der Waals surface area contributed by atoms with Crippen molar-refractivity contribution < 1.29 is 19.8 Å². The molecule has 0 heterocycles. The average molecular weight is 327 g/mol. The van der Waals surface area contributed by atoms with Crippen molar-refractivity contribution in [2.75, 3.05) is 6.54 Å². The van der Waals surface area contributed by atoms with Crippen LogP contribution in [0.5, 0.6) is 11.5 Å².